The summed E-state index contributed by atoms with van der Waals surface area (Å²) in [6.45, 7) is 1.75. The average Bonchev–Trinajstić information content (AvgIpc) is 2.78. The number of morpholine rings is 1. The van der Waals surface area contributed by atoms with E-state index in [0.717, 1.165) is 6.20 Å². The van der Waals surface area contributed by atoms with Gasteiger partial charge in [-0.1, -0.05) is 5.16 Å². The second kappa shape index (κ2) is 4.31. The summed E-state index contributed by atoms with van der Waals surface area (Å²) in [5.41, 5.74) is -0.212. The van der Waals surface area contributed by atoms with Crippen molar-refractivity contribution in [3.05, 3.63) is 17.5 Å². The van der Waals surface area contributed by atoms with Crippen LogP contribution in [-0.2, 0) is 4.74 Å². The predicted molar refractivity (Wildman–Crippen MR) is 50.2 cm³/mol. The summed E-state index contributed by atoms with van der Waals surface area (Å²) in [5, 5.41) is 12.1. The van der Waals surface area contributed by atoms with Crippen LogP contribution in [0.1, 0.15) is 20.9 Å². The minimum absolute atomic E-state index is 0.212. The van der Waals surface area contributed by atoms with Crippen LogP contribution >= 0.6 is 0 Å². The second-order valence-corrected chi connectivity index (χ2v) is 3.28. The van der Waals surface area contributed by atoms with E-state index in [9.17, 15) is 9.59 Å². The Morgan fingerprint density at radius 3 is 2.69 bits per heavy atom. The minimum Gasteiger partial charge on any atom is -0.477 e. The van der Waals surface area contributed by atoms with E-state index in [-0.39, 0.29) is 11.3 Å². The van der Waals surface area contributed by atoms with Crippen LogP contribution in [0.3, 0.4) is 0 Å². The number of nitrogens with zero attached hydrogens (tertiary/aromatic N) is 2. The summed E-state index contributed by atoms with van der Waals surface area (Å²) >= 11 is 0. The first-order chi connectivity index (χ1) is 7.70. The molecule has 0 spiro atoms. The van der Waals surface area contributed by atoms with E-state index in [2.05, 4.69) is 9.68 Å². The molecule has 1 N–H and O–H groups in total. The number of aromatic nitrogens is 1. The molecule has 16 heavy (non-hydrogen) atoms. The maximum Gasteiger partial charge on any atom is 0.341 e. The number of ether oxygens (including phenoxy) is 1. The summed E-state index contributed by atoms with van der Waals surface area (Å²) in [6, 6.07) is 0. The second-order valence-electron chi connectivity index (χ2n) is 3.28. The lowest BCUT2D eigenvalue weighted by atomic mass is 10.2. The summed E-state index contributed by atoms with van der Waals surface area (Å²) in [7, 11) is 0. The molecular weight excluding hydrogens is 216 g/mol. The fraction of sp³-hybridized carbons (Fsp3) is 0.444. The van der Waals surface area contributed by atoms with Crippen molar-refractivity contribution in [1.82, 2.24) is 10.1 Å². The lowest BCUT2D eigenvalue weighted by Gasteiger charge is -2.25. The van der Waals surface area contributed by atoms with Crippen LogP contribution < -0.4 is 0 Å². The molecule has 1 aliphatic heterocycles. The van der Waals surface area contributed by atoms with E-state index in [1.165, 1.54) is 4.90 Å². The Bertz CT molecular complexity index is 408. The molecule has 0 saturated carbocycles. The first kappa shape index (κ1) is 10.6. The topological polar surface area (TPSA) is 92.9 Å². The Balaban J connectivity index is 2.19. The molecule has 0 aromatic carbocycles. The highest BCUT2D eigenvalue weighted by Crippen LogP contribution is 2.12. The van der Waals surface area contributed by atoms with Crippen molar-refractivity contribution in [3.8, 4) is 0 Å². The molecule has 1 fully saturated rings. The van der Waals surface area contributed by atoms with Gasteiger partial charge in [0.1, 0.15) is 5.56 Å². The van der Waals surface area contributed by atoms with Gasteiger partial charge in [0.05, 0.1) is 19.4 Å². The molecule has 1 aromatic heterocycles. The molecule has 0 radical (unpaired) electrons. The fourth-order valence-corrected chi connectivity index (χ4v) is 1.46. The van der Waals surface area contributed by atoms with Gasteiger partial charge in [-0.15, -0.1) is 0 Å². The number of rotatable bonds is 2. The van der Waals surface area contributed by atoms with Gasteiger partial charge < -0.3 is 19.3 Å². The van der Waals surface area contributed by atoms with Gasteiger partial charge in [0, 0.05) is 13.1 Å². The largest absolute Gasteiger partial charge is 0.477 e. The van der Waals surface area contributed by atoms with Crippen molar-refractivity contribution in [3.63, 3.8) is 0 Å². The molecule has 1 aliphatic rings. The van der Waals surface area contributed by atoms with Gasteiger partial charge in [-0.3, -0.25) is 4.79 Å². The number of hydrogen-bond acceptors (Lipinski definition) is 5. The molecular formula is C9H10N2O5. The predicted octanol–water partition coefficient (Wildman–Crippen LogP) is -0.155. The maximum absolute atomic E-state index is 11.9. The molecule has 2 heterocycles. The molecule has 7 nitrogen and oxygen atoms in total. The van der Waals surface area contributed by atoms with Gasteiger partial charge in [-0.05, 0) is 0 Å². The quantitative estimate of drug-likeness (QED) is 0.753. The van der Waals surface area contributed by atoms with Crippen molar-refractivity contribution in [1.29, 1.82) is 0 Å². The summed E-state index contributed by atoms with van der Waals surface area (Å²) in [6.07, 6.45) is 1.02. The van der Waals surface area contributed by atoms with Crippen LogP contribution in [0.25, 0.3) is 0 Å². The molecule has 1 aromatic rings. The van der Waals surface area contributed by atoms with E-state index in [1.54, 1.807) is 0 Å². The molecule has 0 bridgehead atoms. The van der Waals surface area contributed by atoms with Gasteiger partial charge in [-0.25, -0.2) is 4.79 Å². The number of carboxylic acids is 1. The Morgan fingerprint density at radius 2 is 2.06 bits per heavy atom. The van der Waals surface area contributed by atoms with Crippen LogP contribution in [0.4, 0.5) is 0 Å². The van der Waals surface area contributed by atoms with Crippen molar-refractivity contribution >= 4 is 11.9 Å². The Labute approximate surface area is 90.6 Å². The summed E-state index contributed by atoms with van der Waals surface area (Å²) < 4.78 is 9.77. The smallest absolute Gasteiger partial charge is 0.341 e. The van der Waals surface area contributed by atoms with Crippen LogP contribution in [0.5, 0.6) is 0 Å². The third-order valence-electron chi connectivity index (χ3n) is 2.29. The van der Waals surface area contributed by atoms with Crippen molar-refractivity contribution in [2.45, 2.75) is 0 Å². The molecule has 1 amide bonds. The summed E-state index contributed by atoms with van der Waals surface area (Å²) in [4.78, 5) is 24.1. The number of carbonyl (C=O) groups is 2. The molecule has 0 atom stereocenters. The highest BCUT2D eigenvalue weighted by atomic mass is 16.5. The number of carbonyl (C=O) groups excluding carboxylic acids is 1. The van der Waals surface area contributed by atoms with Crippen molar-refractivity contribution < 1.29 is 24.0 Å². The zero-order chi connectivity index (χ0) is 11.5. The molecule has 1 saturated heterocycles. The van der Waals surface area contributed by atoms with E-state index in [1.807, 2.05) is 0 Å². The Hall–Kier alpha value is -1.89. The van der Waals surface area contributed by atoms with E-state index < -0.39 is 11.9 Å². The molecule has 0 aliphatic carbocycles. The average molecular weight is 226 g/mol. The Kier molecular flexibility index (Phi) is 2.86. The SMILES string of the molecule is O=C(O)c1cnoc1C(=O)N1CCOCC1. The fourth-order valence-electron chi connectivity index (χ4n) is 1.46. The number of hydrogen-bond donors (Lipinski definition) is 1. The zero-order valence-electron chi connectivity index (χ0n) is 8.38. The standard InChI is InChI=1S/C9H10N2O5/c12-8(11-1-3-15-4-2-11)7-6(9(13)14)5-10-16-7/h5H,1-4H2,(H,13,14). The van der Waals surface area contributed by atoms with Crippen LogP contribution in [0.15, 0.2) is 10.7 Å². The van der Waals surface area contributed by atoms with Crippen LogP contribution in [-0.4, -0.2) is 53.3 Å². The van der Waals surface area contributed by atoms with E-state index in [0.29, 0.717) is 26.3 Å². The first-order valence-electron chi connectivity index (χ1n) is 4.75. The Morgan fingerprint density at radius 1 is 1.38 bits per heavy atom. The van der Waals surface area contributed by atoms with Crippen LogP contribution in [0.2, 0.25) is 0 Å². The van der Waals surface area contributed by atoms with E-state index in [4.69, 9.17) is 9.84 Å². The van der Waals surface area contributed by atoms with Crippen molar-refractivity contribution in [2.24, 2.45) is 0 Å². The lowest BCUT2D eigenvalue weighted by molar-refractivity contribution is 0.0274. The minimum atomic E-state index is -1.22. The third kappa shape index (κ3) is 1.89. The molecule has 0 unspecified atom stereocenters. The third-order valence-corrected chi connectivity index (χ3v) is 2.29. The highest BCUT2D eigenvalue weighted by Gasteiger charge is 2.27. The van der Waals surface area contributed by atoms with Crippen molar-refractivity contribution in [2.75, 3.05) is 26.3 Å². The summed E-state index contributed by atoms with van der Waals surface area (Å²) in [5.74, 6) is -1.91. The van der Waals surface area contributed by atoms with Gasteiger partial charge in [0.25, 0.3) is 5.91 Å². The zero-order valence-corrected chi connectivity index (χ0v) is 8.38. The maximum atomic E-state index is 11.9. The number of carboxylic acid groups (broad SMARTS) is 1. The molecule has 7 heteroatoms. The van der Waals surface area contributed by atoms with Gasteiger partial charge >= 0.3 is 5.97 Å². The van der Waals surface area contributed by atoms with E-state index >= 15 is 0 Å². The monoisotopic (exact) mass is 226 g/mol. The first-order valence-corrected chi connectivity index (χ1v) is 4.75. The lowest BCUT2D eigenvalue weighted by Crippen LogP contribution is -2.41. The van der Waals surface area contributed by atoms with Gasteiger partial charge in [0.15, 0.2) is 0 Å². The highest BCUT2D eigenvalue weighted by molar-refractivity contribution is 6.02. The normalized spacial score (nSPS) is 16.1. The molecule has 2 rings (SSSR count). The van der Waals surface area contributed by atoms with Gasteiger partial charge in [0.2, 0.25) is 5.76 Å². The molecule has 86 valence electrons. The van der Waals surface area contributed by atoms with Crippen LogP contribution in [0, 0.1) is 0 Å². The number of aromatic carboxylic acids is 1. The number of amides is 1. The van der Waals surface area contributed by atoms with Gasteiger partial charge in [-0.2, -0.15) is 0 Å².